The molecule has 0 saturated carbocycles. The van der Waals surface area contributed by atoms with Crippen molar-refractivity contribution in [2.45, 2.75) is 40.2 Å². The van der Waals surface area contributed by atoms with Crippen LogP contribution in [0.3, 0.4) is 0 Å². The summed E-state index contributed by atoms with van der Waals surface area (Å²) in [5, 5.41) is 7.42. The Morgan fingerprint density at radius 2 is 2.06 bits per heavy atom. The van der Waals surface area contributed by atoms with Crippen LogP contribution in [0.1, 0.15) is 37.1 Å². The number of carboxylic acids is 1. The van der Waals surface area contributed by atoms with E-state index in [1.807, 2.05) is 13.0 Å². The van der Waals surface area contributed by atoms with Crippen LogP contribution in [-0.2, 0) is 17.8 Å². The SMILES string of the molecule is CC(=O)O.CCCc1cc(C)[nH]c(=O)c1CN. The number of nitrogens with two attached hydrogens (primary N) is 1. The van der Waals surface area contributed by atoms with Crippen LogP contribution in [0.15, 0.2) is 10.9 Å². The number of carbonyl (C=O) groups is 1. The number of pyridine rings is 1. The van der Waals surface area contributed by atoms with E-state index < -0.39 is 5.97 Å². The molecule has 0 aliphatic heterocycles. The number of aryl methyl sites for hydroxylation is 2. The van der Waals surface area contributed by atoms with Gasteiger partial charge >= 0.3 is 0 Å². The lowest BCUT2D eigenvalue weighted by Crippen LogP contribution is -2.19. The first-order valence-electron chi connectivity index (χ1n) is 5.53. The molecule has 0 aliphatic carbocycles. The quantitative estimate of drug-likeness (QED) is 0.739. The van der Waals surface area contributed by atoms with Gasteiger partial charge in [-0.2, -0.15) is 0 Å². The number of aromatic amines is 1. The van der Waals surface area contributed by atoms with Gasteiger partial charge in [0.25, 0.3) is 11.5 Å². The summed E-state index contributed by atoms with van der Waals surface area (Å²) in [7, 11) is 0. The van der Waals surface area contributed by atoms with Gasteiger partial charge in [0, 0.05) is 24.7 Å². The number of rotatable bonds is 3. The third kappa shape index (κ3) is 5.87. The number of H-pyrrole nitrogens is 1. The van der Waals surface area contributed by atoms with E-state index in [1.165, 1.54) is 0 Å². The first kappa shape index (κ1) is 15.4. The van der Waals surface area contributed by atoms with Crippen LogP contribution in [0.5, 0.6) is 0 Å². The van der Waals surface area contributed by atoms with E-state index >= 15 is 0 Å². The molecule has 0 spiro atoms. The molecule has 0 atom stereocenters. The first-order valence-corrected chi connectivity index (χ1v) is 5.53. The van der Waals surface area contributed by atoms with Crippen LogP contribution in [0.2, 0.25) is 0 Å². The van der Waals surface area contributed by atoms with Crippen molar-refractivity contribution < 1.29 is 9.90 Å². The van der Waals surface area contributed by atoms with Crippen molar-refractivity contribution in [2.75, 3.05) is 0 Å². The summed E-state index contributed by atoms with van der Waals surface area (Å²) in [6, 6.07) is 2.01. The number of hydrogen-bond donors (Lipinski definition) is 3. The standard InChI is InChI=1S/C10H16N2O.C2H4O2/c1-3-4-8-5-7(2)12-10(13)9(8)6-11;1-2(3)4/h5H,3-4,6,11H2,1-2H3,(H,12,13);1H3,(H,3,4). The first-order chi connectivity index (χ1) is 7.92. The number of aromatic nitrogens is 1. The molecule has 0 aromatic carbocycles. The van der Waals surface area contributed by atoms with E-state index in [0.29, 0.717) is 6.54 Å². The van der Waals surface area contributed by atoms with E-state index in [2.05, 4.69) is 11.9 Å². The van der Waals surface area contributed by atoms with E-state index in [4.69, 9.17) is 15.6 Å². The smallest absolute Gasteiger partial charge is 0.300 e. The summed E-state index contributed by atoms with van der Waals surface area (Å²) in [4.78, 5) is 23.2. The van der Waals surface area contributed by atoms with E-state index in [0.717, 1.165) is 36.6 Å². The Morgan fingerprint density at radius 3 is 2.47 bits per heavy atom. The zero-order valence-corrected chi connectivity index (χ0v) is 10.5. The van der Waals surface area contributed by atoms with Crippen LogP contribution >= 0.6 is 0 Å². The average Bonchev–Trinajstić information content (AvgIpc) is 2.16. The van der Waals surface area contributed by atoms with Crippen LogP contribution in [0.4, 0.5) is 0 Å². The molecule has 0 unspecified atom stereocenters. The summed E-state index contributed by atoms with van der Waals surface area (Å²) in [5.41, 5.74) is 8.20. The Bertz CT molecular complexity index is 420. The van der Waals surface area contributed by atoms with Crippen molar-refractivity contribution in [2.24, 2.45) is 5.73 Å². The maximum atomic E-state index is 11.4. The molecular formula is C12H20N2O3. The van der Waals surface area contributed by atoms with Gasteiger partial charge in [-0.3, -0.25) is 9.59 Å². The highest BCUT2D eigenvalue weighted by molar-refractivity contribution is 5.62. The third-order valence-electron chi connectivity index (χ3n) is 2.09. The largest absolute Gasteiger partial charge is 0.481 e. The van der Waals surface area contributed by atoms with Crippen LogP contribution in [0.25, 0.3) is 0 Å². The maximum absolute atomic E-state index is 11.4. The summed E-state index contributed by atoms with van der Waals surface area (Å²) in [6.07, 6.45) is 1.97. The molecule has 1 heterocycles. The monoisotopic (exact) mass is 240 g/mol. The number of carboxylic acid groups (broad SMARTS) is 1. The molecule has 0 radical (unpaired) electrons. The Balaban J connectivity index is 0.000000557. The lowest BCUT2D eigenvalue weighted by Gasteiger charge is -2.06. The average molecular weight is 240 g/mol. The van der Waals surface area contributed by atoms with E-state index in [9.17, 15) is 4.79 Å². The van der Waals surface area contributed by atoms with Gasteiger partial charge < -0.3 is 15.8 Å². The summed E-state index contributed by atoms with van der Waals surface area (Å²) in [6.45, 7) is 5.39. The second kappa shape index (κ2) is 7.62. The van der Waals surface area contributed by atoms with Gasteiger partial charge in [-0.05, 0) is 25.0 Å². The predicted molar refractivity (Wildman–Crippen MR) is 67.0 cm³/mol. The van der Waals surface area contributed by atoms with Gasteiger partial charge in [0.2, 0.25) is 0 Å². The topological polar surface area (TPSA) is 96.2 Å². The van der Waals surface area contributed by atoms with E-state index in [-0.39, 0.29) is 5.56 Å². The highest BCUT2D eigenvalue weighted by Gasteiger charge is 2.05. The van der Waals surface area contributed by atoms with Gasteiger partial charge in [-0.15, -0.1) is 0 Å². The fraction of sp³-hybridized carbons (Fsp3) is 0.500. The lowest BCUT2D eigenvalue weighted by atomic mass is 10.0. The Morgan fingerprint density at radius 1 is 1.53 bits per heavy atom. The lowest BCUT2D eigenvalue weighted by molar-refractivity contribution is -0.134. The molecule has 1 aromatic heterocycles. The molecular weight excluding hydrogens is 220 g/mol. The molecule has 0 bridgehead atoms. The maximum Gasteiger partial charge on any atom is 0.300 e. The molecule has 0 saturated heterocycles. The van der Waals surface area contributed by atoms with Gasteiger partial charge in [-0.25, -0.2) is 0 Å². The van der Waals surface area contributed by atoms with Crippen molar-refractivity contribution >= 4 is 5.97 Å². The zero-order valence-electron chi connectivity index (χ0n) is 10.5. The normalized spacial score (nSPS) is 9.41. The Labute approximate surface area is 101 Å². The van der Waals surface area contributed by atoms with Gasteiger partial charge in [0.05, 0.1) is 0 Å². The van der Waals surface area contributed by atoms with Gasteiger partial charge in [0.1, 0.15) is 0 Å². The van der Waals surface area contributed by atoms with Gasteiger partial charge in [-0.1, -0.05) is 13.3 Å². The van der Waals surface area contributed by atoms with Crippen molar-refractivity contribution in [1.29, 1.82) is 0 Å². The number of nitrogens with one attached hydrogen (secondary N) is 1. The van der Waals surface area contributed by atoms with Crippen LogP contribution in [0, 0.1) is 6.92 Å². The van der Waals surface area contributed by atoms with Crippen molar-refractivity contribution in [1.82, 2.24) is 4.98 Å². The highest BCUT2D eigenvalue weighted by Crippen LogP contribution is 2.07. The van der Waals surface area contributed by atoms with E-state index in [1.54, 1.807) is 0 Å². The Kier molecular flexibility index (Phi) is 6.89. The second-order valence-corrected chi connectivity index (χ2v) is 3.76. The number of hydrogen-bond acceptors (Lipinski definition) is 3. The second-order valence-electron chi connectivity index (χ2n) is 3.76. The fourth-order valence-corrected chi connectivity index (χ4v) is 1.50. The molecule has 17 heavy (non-hydrogen) atoms. The molecule has 4 N–H and O–H groups in total. The predicted octanol–water partition coefficient (Wildman–Crippen LogP) is 1.19. The minimum Gasteiger partial charge on any atom is -0.481 e. The highest BCUT2D eigenvalue weighted by atomic mass is 16.4. The van der Waals surface area contributed by atoms with Crippen LogP contribution < -0.4 is 11.3 Å². The van der Waals surface area contributed by atoms with Crippen molar-refractivity contribution in [3.63, 3.8) is 0 Å². The summed E-state index contributed by atoms with van der Waals surface area (Å²) in [5.74, 6) is -0.833. The third-order valence-corrected chi connectivity index (χ3v) is 2.09. The van der Waals surface area contributed by atoms with Crippen LogP contribution in [-0.4, -0.2) is 16.1 Å². The molecule has 0 fully saturated rings. The Hall–Kier alpha value is -1.62. The minimum atomic E-state index is -0.833. The molecule has 5 nitrogen and oxygen atoms in total. The molecule has 5 heteroatoms. The number of aliphatic carboxylic acids is 1. The summed E-state index contributed by atoms with van der Waals surface area (Å²) >= 11 is 0. The summed E-state index contributed by atoms with van der Waals surface area (Å²) < 4.78 is 0. The van der Waals surface area contributed by atoms with Crippen molar-refractivity contribution in [3.8, 4) is 0 Å². The zero-order chi connectivity index (χ0) is 13.4. The van der Waals surface area contributed by atoms with Crippen molar-refractivity contribution in [3.05, 3.63) is 33.2 Å². The molecule has 0 aliphatic rings. The fourth-order valence-electron chi connectivity index (χ4n) is 1.50. The molecule has 0 amide bonds. The minimum absolute atomic E-state index is 0.0362. The molecule has 96 valence electrons. The van der Waals surface area contributed by atoms with Gasteiger partial charge in [0.15, 0.2) is 0 Å². The molecule has 1 aromatic rings. The molecule has 1 rings (SSSR count).